The van der Waals surface area contributed by atoms with Gasteiger partial charge in [-0.1, -0.05) is 35.9 Å². The zero-order valence-electron chi connectivity index (χ0n) is 15.5. The summed E-state index contributed by atoms with van der Waals surface area (Å²) in [7, 11) is 0. The maximum Gasteiger partial charge on any atom is 0.223 e. The first kappa shape index (κ1) is 20.8. The lowest BCUT2D eigenvalue weighted by atomic mass is 10.0. The van der Waals surface area contributed by atoms with Crippen molar-refractivity contribution in [2.45, 2.75) is 18.9 Å². The van der Waals surface area contributed by atoms with Crippen LogP contribution in [0.3, 0.4) is 0 Å². The van der Waals surface area contributed by atoms with E-state index in [1.54, 1.807) is 0 Å². The Kier molecular flexibility index (Phi) is 7.05. The average Bonchev–Trinajstić information content (AvgIpc) is 2.72. The predicted molar refractivity (Wildman–Crippen MR) is 112 cm³/mol. The number of nitrogens with zero attached hydrogens (tertiary/aromatic N) is 1. The largest absolute Gasteiger partial charge is 0.486 e. The Labute approximate surface area is 176 Å². The summed E-state index contributed by atoms with van der Waals surface area (Å²) in [6, 6.07) is 13.6. The molecular weight excluding hydrogens is 399 g/mol. The number of nitrogens with one attached hydrogen (secondary N) is 1. The van der Waals surface area contributed by atoms with Gasteiger partial charge >= 0.3 is 0 Å². The Morgan fingerprint density at radius 2 is 1.93 bits per heavy atom. The van der Waals surface area contributed by atoms with Gasteiger partial charge < -0.3 is 19.7 Å². The maximum atomic E-state index is 13.0. The van der Waals surface area contributed by atoms with Crippen molar-refractivity contribution in [2.24, 2.45) is 0 Å². The maximum absolute atomic E-state index is 13.0. The van der Waals surface area contributed by atoms with E-state index in [1.807, 2.05) is 47.4 Å². The number of aryl methyl sites for hydroxylation is 1. The highest BCUT2D eigenvalue weighted by Crippen LogP contribution is 2.32. The Hall–Kier alpha value is -1.95. The van der Waals surface area contributed by atoms with Crippen LogP contribution in [0.25, 0.3) is 0 Å². The second-order valence-electron chi connectivity index (χ2n) is 6.81. The number of ether oxygens (including phenoxy) is 2. The van der Waals surface area contributed by atoms with Gasteiger partial charge in [0.25, 0.3) is 0 Å². The fraction of sp³-hybridized carbons (Fsp3) is 0.381. The molecule has 1 N–H and O–H groups in total. The Morgan fingerprint density at radius 1 is 1.14 bits per heavy atom. The highest BCUT2D eigenvalue weighted by Gasteiger charge is 2.28. The average molecular weight is 423 g/mol. The summed E-state index contributed by atoms with van der Waals surface area (Å²) in [5.41, 5.74) is 2.08. The Bertz CT molecular complexity index is 831. The van der Waals surface area contributed by atoms with Crippen molar-refractivity contribution in [3.63, 3.8) is 0 Å². The molecule has 1 unspecified atom stereocenters. The molecule has 0 saturated carbocycles. The minimum Gasteiger partial charge on any atom is -0.486 e. The molecule has 0 spiro atoms. The van der Waals surface area contributed by atoms with Gasteiger partial charge in [0.2, 0.25) is 5.91 Å². The van der Waals surface area contributed by atoms with Crippen LogP contribution in [0.2, 0.25) is 5.02 Å². The molecule has 2 aromatic rings. The van der Waals surface area contributed by atoms with E-state index in [0.717, 1.165) is 35.7 Å². The number of halogens is 2. The van der Waals surface area contributed by atoms with Crippen LogP contribution in [0, 0.1) is 0 Å². The molecular formula is C21H24Cl2N2O3. The van der Waals surface area contributed by atoms with Crippen LogP contribution in [-0.2, 0) is 11.2 Å². The van der Waals surface area contributed by atoms with Gasteiger partial charge in [0, 0.05) is 31.1 Å². The van der Waals surface area contributed by atoms with Crippen molar-refractivity contribution < 1.29 is 14.3 Å². The summed E-state index contributed by atoms with van der Waals surface area (Å²) >= 11 is 6.38. The first-order chi connectivity index (χ1) is 13.2. The molecule has 150 valence electrons. The van der Waals surface area contributed by atoms with Gasteiger partial charge in [-0.25, -0.2) is 0 Å². The lowest BCUT2D eigenvalue weighted by Gasteiger charge is -2.37. The smallest absolute Gasteiger partial charge is 0.223 e. The second-order valence-corrected chi connectivity index (χ2v) is 7.21. The third kappa shape index (κ3) is 4.54. The molecule has 0 aromatic heterocycles. The fourth-order valence-corrected chi connectivity index (χ4v) is 3.93. The Morgan fingerprint density at radius 3 is 2.75 bits per heavy atom. The molecule has 2 heterocycles. The van der Waals surface area contributed by atoms with Gasteiger partial charge in [0.15, 0.2) is 11.5 Å². The third-order valence-electron chi connectivity index (χ3n) is 5.06. The van der Waals surface area contributed by atoms with Gasteiger partial charge in [0.1, 0.15) is 13.2 Å². The van der Waals surface area contributed by atoms with Crippen LogP contribution in [0.15, 0.2) is 42.5 Å². The molecule has 1 fully saturated rings. The zero-order chi connectivity index (χ0) is 18.6. The zero-order valence-corrected chi connectivity index (χ0v) is 17.1. The number of carbonyl (C=O) groups excluding carboxylic acids is 1. The van der Waals surface area contributed by atoms with Crippen molar-refractivity contribution in [1.82, 2.24) is 10.2 Å². The number of hydrogen-bond donors (Lipinski definition) is 1. The van der Waals surface area contributed by atoms with Gasteiger partial charge in [-0.05, 0) is 35.7 Å². The number of amides is 1. The Balaban J connectivity index is 0.00000225. The standard InChI is InChI=1S/C21H23ClN2O3.ClH/c22-17-4-2-1-3-16(17)18-14-23-9-10-24(18)21(25)8-6-15-5-7-19-20(13-15)27-12-11-26-19;/h1-5,7,13,18,23H,6,8-12,14H2;1H. The SMILES string of the molecule is Cl.O=C(CCc1ccc2c(c1)OCCO2)N1CCNCC1c1ccccc1Cl. The first-order valence-electron chi connectivity index (χ1n) is 9.35. The van der Waals surface area contributed by atoms with Gasteiger partial charge in [0.05, 0.1) is 6.04 Å². The minimum absolute atomic E-state index is 0. The molecule has 5 nitrogen and oxygen atoms in total. The molecule has 28 heavy (non-hydrogen) atoms. The van der Waals surface area contributed by atoms with Crippen LogP contribution in [-0.4, -0.2) is 43.7 Å². The van der Waals surface area contributed by atoms with Crippen LogP contribution in [0.1, 0.15) is 23.6 Å². The summed E-state index contributed by atoms with van der Waals surface area (Å²) in [4.78, 5) is 14.9. The van der Waals surface area contributed by atoms with Crippen molar-refractivity contribution in [2.75, 3.05) is 32.8 Å². The van der Waals surface area contributed by atoms with E-state index >= 15 is 0 Å². The molecule has 1 amide bonds. The highest BCUT2D eigenvalue weighted by atomic mass is 35.5. The molecule has 2 aliphatic heterocycles. The van der Waals surface area contributed by atoms with Crippen molar-refractivity contribution in [1.29, 1.82) is 0 Å². The van der Waals surface area contributed by atoms with Crippen LogP contribution >= 0.6 is 24.0 Å². The molecule has 0 bridgehead atoms. The summed E-state index contributed by atoms with van der Waals surface area (Å²) in [6.45, 7) is 3.36. The highest BCUT2D eigenvalue weighted by molar-refractivity contribution is 6.31. The van der Waals surface area contributed by atoms with Gasteiger partial charge in [-0.15, -0.1) is 12.4 Å². The summed E-state index contributed by atoms with van der Waals surface area (Å²) in [5, 5.41) is 4.07. The molecule has 0 aliphatic carbocycles. The normalized spacial score (nSPS) is 18.3. The number of hydrogen-bond acceptors (Lipinski definition) is 4. The number of fused-ring (bicyclic) bond motifs is 1. The predicted octanol–water partition coefficient (Wildman–Crippen LogP) is 3.64. The fourth-order valence-electron chi connectivity index (χ4n) is 3.66. The molecule has 1 saturated heterocycles. The number of benzene rings is 2. The second kappa shape index (κ2) is 9.50. The molecule has 1 atom stereocenters. The minimum atomic E-state index is -0.0276. The van der Waals surface area contributed by atoms with E-state index in [-0.39, 0.29) is 24.4 Å². The van der Waals surface area contributed by atoms with E-state index < -0.39 is 0 Å². The topological polar surface area (TPSA) is 50.8 Å². The van der Waals surface area contributed by atoms with E-state index in [2.05, 4.69) is 5.32 Å². The number of carbonyl (C=O) groups is 1. The van der Waals surface area contributed by atoms with Crippen molar-refractivity contribution in [3.8, 4) is 11.5 Å². The van der Waals surface area contributed by atoms with Crippen LogP contribution in [0.5, 0.6) is 11.5 Å². The monoisotopic (exact) mass is 422 g/mol. The first-order valence-corrected chi connectivity index (χ1v) is 9.73. The van der Waals surface area contributed by atoms with Crippen molar-refractivity contribution in [3.05, 3.63) is 58.6 Å². The summed E-state index contributed by atoms with van der Waals surface area (Å²) in [6.07, 6.45) is 1.13. The van der Waals surface area contributed by atoms with Crippen LogP contribution < -0.4 is 14.8 Å². The van der Waals surface area contributed by atoms with E-state index in [0.29, 0.717) is 37.6 Å². The van der Waals surface area contributed by atoms with E-state index in [9.17, 15) is 4.79 Å². The number of rotatable bonds is 4. The van der Waals surface area contributed by atoms with Crippen LogP contribution in [0.4, 0.5) is 0 Å². The van der Waals surface area contributed by atoms with Gasteiger partial charge in [-0.2, -0.15) is 0 Å². The summed E-state index contributed by atoms with van der Waals surface area (Å²) < 4.78 is 11.2. The molecule has 2 aliphatic rings. The van der Waals surface area contributed by atoms with Crippen molar-refractivity contribution >= 4 is 29.9 Å². The lowest BCUT2D eigenvalue weighted by Crippen LogP contribution is -2.48. The van der Waals surface area contributed by atoms with E-state index in [4.69, 9.17) is 21.1 Å². The van der Waals surface area contributed by atoms with E-state index in [1.165, 1.54) is 0 Å². The molecule has 0 radical (unpaired) electrons. The third-order valence-corrected chi connectivity index (χ3v) is 5.41. The quantitative estimate of drug-likeness (QED) is 0.816. The molecule has 7 heteroatoms. The lowest BCUT2D eigenvalue weighted by molar-refractivity contribution is -0.134. The number of piperazine rings is 1. The summed E-state index contributed by atoms with van der Waals surface area (Å²) in [5.74, 6) is 1.69. The van der Waals surface area contributed by atoms with Gasteiger partial charge in [-0.3, -0.25) is 4.79 Å². The molecule has 2 aromatic carbocycles. The molecule has 4 rings (SSSR count).